The van der Waals surface area contributed by atoms with E-state index in [0.717, 1.165) is 37.7 Å². The van der Waals surface area contributed by atoms with Gasteiger partial charge in [0.25, 0.3) is 5.92 Å². The zero-order valence-corrected chi connectivity index (χ0v) is 20.4. The van der Waals surface area contributed by atoms with Gasteiger partial charge in [-0.25, -0.2) is 8.78 Å². The molecule has 0 unspecified atom stereocenters. The van der Waals surface area contributed by atoms with E-state index in [1.807, 2.05) is 24.3 Å². The largest absolute Gasteiger partial charge is 0.508 e. The third kappa shape index (κ3) is 4.72. The van der Waals surface area contributed by atoms with Gasteiger partial charge in [-0.2, -0.15) is 0 Å². The van der Waals surface area contributed by atoms with Crippen molar-refractivity contribution in [1.82, 2.24) is 0 Å². The van der Waals surface area contributed by atoms with Crippen LogP contribution >= 0.6 is 0 Å². The number of rotatable bonds is 6. The fourth-order valence-electron chi connectivity index (χ4n) is 5.78. The average Bonchev–Trinajstić information content (AvgIpc) is 2.96. The van der Waals surface area contributed by atoms with Crippen LogP contribution in [-0.2, 0) is 15.4 Å². The first-order chi connectivity index (χ1) is 19.5. The van der Waals surface area contributed by atoms with Gasteiger partial charge in [0.05, 0.1) is 6.85 Å². The van der Waals surface area contributed by atoms with Gasteiger partial charge in [0, 0.05) is 62.7 Å². The minimum Gasteiger partial charge on any atom is -0.508 e. The summed E-state index contributed by atoms with van der Waals surface area (Å²) in [5, 5.41) is 10.0. The van der Waals surface area contributed by atoms with Gasteiger partial charge >= 0.3 is 0 Å². The predicted molar refractivity (Wildman–Crippen MR) is 137 cm³/mol. The fraction of sp³-hybridized carbons (Fsp3) is 0.400. The molecule has 4 nitrogen and oxygen atoms in total. The highest BCUT2D eigenvalue weighted by Crippen LogP contribution is 2.54. The number of methoxy groups -OCH3 is 2. The molecule has 0 bridgehead atoms. The number of aromatic hydroxyl groups is 1. The molecule has 0 radical (unpaired) electrons. The molecule has 36 heavy (non-hydrogen) atoms. The van der Waals surface area contributed by atoms with Crippen LogP contribution in [0.2, 0.25) is 0 Å². The maximum Gasteiger partial charge on any atom is 0.274 e. The van der Waals surface area contributed by atoms with Gasteiger partial charge in [-0.3, -0.25) is 0 Å². The zero-order chi connectivity index (χ0) is 29.6. The summed E-state index contributed by atoms with van der Waals surface area (Å²) >= 11 is 0. The van der Waals surface area contributed by atoms with E-state index in [1.165, 1.54) is 12.1 Å². The molecule has 6 heteroatoms. The lowest BCUT2D eigenvalue weighted by Crippen LogP contribution is -2.39. The van der Waals surface area contributed by atoms with Crippen LogP contribution < -0.4 is 4.90 Å². The van der Waals surface area contributed by atoms with Crippen LogP contribution in [0.3, 0.4) is 0 Å². The minimum atomic E-state index is -3.38. The normalized spacial score (nSPS) is 23.9. The van der Waals surface area contributed by atoms with E-state index in [0.29, 0.717) is 5.56 Å². The Morgan fingerprint density at radius 2 is 1.64 bits per heavy atom. The fourth-order valence-corrected chi connectivity index (χ4v) is 5.78. The van der Waals surface area contributed by atoms with Crippen LogP contribution in [0.4, 0.5) is 14.5 Å². The number of fused-ring (bicyclic) bond motifs is 1. The Kier molecular flexibility index (Phi) is 5.43. The van der Waals surface area contributed by atoms with Crippen molar-refractivity contribution < 1.29 is 30.2 Å². The van der Waals surface area contributed by atoms with Crippen molar-refractivity contribution in [2.24, 2.45) is 5.92 Å². The number of benzene rings is 3. The molecule has 1 aliphatic carbocycles. The molecule has 1 fully saturated rings. The molecule has 5 rings (SSSR count). The summed E-state index contributed by atoms with van der Waals surface area (Å²) in [6, 6.07) is 8.83. The summed E-state index contributed by atoms with van der Waals surface area (Å²) in [7, 11) is 3.27. The van der Waals surface area contributed by atoms with Gasteiger partial charge in [0.2, 0.25) is 0 Å². The summed E-state index contributed by atoms with van der Waals surface area (Å²) in [4.78, 5) is 2.25. The van der Waals surface area contributed by atoms with Crippen LogP contribution in [0.1, 0.15) is 60.2 Å². The van der Waals surface area contributed by atoms with Gasteiger partial charge in [0.15, 0.2) is 6.29 Å². The van der Waals surface area contributed by atoms with E-state index in [-0.39, 0.29) is 34.6 Å². The highest BCUT2D eigenvalue weighted by molar-refractivity contribution is 5.53. The van der Waals surface area contributed by atoms with Crippen LogP contribution in [0.25, 0.3) is 0 Å². The Balaban J connectivity index is 1.55. The Morgan fingerprint density at radius 3 is 2.28 bits per heavy atom. The molecule has 1 N–H and O–H groups in total. The molecular weight excluding hydrogens is 460 g/mol. The van der Waals surface area contributed by atoms with Crippen LogP contribution in [-0.4, -0.2) is 38.7 Å². The zero-order valence-electron chi connectivity index (χ0n) is 25.4. The lowest BCUT2D eigenvalue weighted by molar-refractivity contribution is -0.141. The van der Waals surface area contributed by atoms with Crippen LogP contribution in [0.15, 0.2) is 72.7 Å². The molecule has 1 heterocycles. The van der Waals surface area contributed by atoms with Gasteiger partial charge in [-0.05, 0) is 53.8 Å². The van der Waals surface area contributed by atoms with Crippen LogP contribution in [0, 0.1) is 5.92 Å². The number of ether oxygens (including phenoxy) is 2. The summed E-state index contributed by atoms with van der Waals surface area (Å²) in [6.45, 7) is 1.60. The number of phenolic OH excluding ortho intramolecular Hbond substituents is 1. The monoisotopic (exact) mass is 498 g/mol. The maximum atomic E-state index is 15.6. The number of hydrogen-bond acceptors (Lipinski definition) is 4. The molecule has 1 aliphatic heterocycles. The van der Waals surface area contributed by atoms with E-state index >= 15 is 8.78 Å². The van der Waals surface area contributed by atoms with Crippen molar-refractivity contribution in [2.75, 3.05) is 32.2 Å². The second kappa shape index (κ2) is 10.2. The number of halogens is 2. The molecule has 1 saturated heterocycles. The third-order valence-corrected chi connectivity index (χ3v) is 7.54. The molecule has 3 aromatic rings. The first kappa shape index (κ1) is 19.2. The van der Waals surface area contributed by atoms with Crippen molar-refractivity contribution in [3.8, 4) is 5.75 Å². The first-order valence-corrected chi connectivity index (χ1v) is 12.2. The SMILES string of the molecule is [2H]c1c([2H])c([2H])c([C@@H]2CC(F)(F)c3cc(O)ccc3[C@@H]2c2ccc(N3CCC(C(OC)OC)CC3)cc2)c([2H])c1[2H]. The van der Waals surface area contributed by atoms with E-state index in [2.05, 4.69) is 4.90 Å². The van der Waals surface area contributed by atoms with Crippen LogP contribution in [0.5, 0.6) is 5.75 Å². The number of anilines is 1. The topological polar surface area (TPSA) is 41.9 Å². The minimum absolute atomic E-state index is 0.128. The van der Waals surface area contributed by atoms with E-state index in [9.17, 15) is 5.11 Å². The number of alkyl halides is 2. The number of piperidine rings is 1. The summed E-state index contributed by atoms with van der Waals surface area (Å²) in [5.74, 6) is -5.21. The molecule has 2 aliphatic rings. The van der Waals surface area contributed by atoms with Gasteiger partial charge < -0.3 is 19.5 Å². The Labute approximate surface area is 218 Å². The van der Waals surface area contributed by atoms with E-state index in [4.69, 9.17) is 16.3 Å². The van der Waals surface area contributed by atoms with E-state index in [1.54, 1.807) is 14.2 Å². The van der Waals surface area contributed by atoms with Crippen molar-refractivity contribution in [1.29, 1.82) is 0 Å². The molecule has 0 saturated carbocycles. The van der Waals surface area contributed by atoms with Crippen molar-refractivity contribution >= 4 is 5.69 Å². The molecule has 3 aromatic carbocycles. The Bertz CT molecular complexity index is 1400. The first-order valence-electron chi connectivity index (χ1n) is 14.7. The summed E-state index contributed by atoms with van der Waals surface area (Å²) in [5.41, 5.74) is 1.47. The smallest absolute Gasteiger partial charge is 0.274 e. The predicted octanol–water partition coefficient (Wildman–Crippen LogP) is 6.64. The summed E-state index contributed by atoms with van der Waals surface area (Å²) < 4.78 is 83.4. The van der Waals surface area contributed by atoms with Gasteiger partial charge in [-0.1, -0.05) is 48.4 Å². The quantitative estimate of drug-likeness (QED) is 0.387. The lowest BCUT2D eigenvalue weighted by atomic mass is 9.68. The molecule has 0 spiro atoms. The molecular formula is C30H33F2NO3. The van der Waals surface area contributed by atoms with Crippen molar-refractivity contribution in [3.05, 3.63) is 94.9 Å². The Morgan fingerprint density at radius 1 is 0.972 bits per heavy atom. The Hall–Kier alpha value is -2.96. The second-order valence-electron chi connectivity index (χ2n) is 9.56. The second-order valence-corrected chi connectivity index (χ2v) is 9.56. The van der Waals surface area contributed by atoms with Gasteiger partial charge in [-0.15, -0.1) is 0 Å². The van der Waals surface area contributed by atoms with E-state index < -0.39 is 54.4 Å². The standard InChI is InChI=1S/C30H33F2NO3/c1-35-29(36-2)22-14-16-33(17-15-22)23-10-8-21(9-11-23)28-25-13-12-24(34)18-27(25)30(31,32)19-26(28)20-6-4-3-5-7-20/h3-13,18,22,26,28-29,34H,14-17,19H2,1-2H3/t26-,28-/m0/s1/i3D,4D,5D,6D,7D. The number of phenols is 1. The molecule has 0 amide bonds. The highest BCUT2D eigenvalue weighted by Gasteiger charge is 2.47. The third-order valence-electron chi connectivity index (χ3n) is 7.54. The summed E-state index contributed by atoms with van der Waals surface area (Å²) in [6.07, 6.45) is 0.764. The maximum absolute atomic E-state index is 15.6. The van der Waals surface area contributed by atoms with Crippen molar-refractivity contribution in [2.45, 2.75) is 43.3 Å². The molecule has 2 atom stereocenters. The number of nitrogens with zero attached hydrogens (tertiary/aromatic N) is 1. The molecule has 0 aromatic heterocycles. The molecule has 190 valence electrons. The number of hydrogen-bond donors (Lipinski definition) is 1. The highest BCUT2D eigenvalue weighted by atomic mass is 19.3. The lowest BCUT2D eigenvalue weighted by Gasteiger charge is -2.39. The average molecular weight is 499 g/mol. The van der Waals surface area contributed by atoms with Gasteiger partial charge in [0.1, 0.15) is 5.75 Å². The van der Waals surface area contributed by atoms with Crippen molar-refractivity contribution in [3.63, 3.8) is 0 Å².